The van der Waals surface area contributed by atoms with Crippen LogP contribution in [0.1, 0.15) is 61.9 Å². The van der Waals surface area contributed by atoms with Gasteiger partial charge in [0.05, 0.1) is 5.60 Å². The zero-order valence-electron chi connectivity index (χ0n) is 17.2. The number of nitrogens with zero attached hydrogens (tertiary/aromatic N) is 2. The van der Waals surface area contributed by atoms with Crippen molar-refractivity contribution in [1.29, 1.82) is 0 Å². The minimum atomic E-state index is -0.478. The van der Waals surface area contributed by atoms with Crippen LogP contribution in [-0.2, 0) is 16.0 Å². The predicted octanol–water partition coefficient (Wildman–Crippen LogP) is 3.07. The number of ketones is 1. The molecule has 1 saturated carbocycles. The Kier molecular flexibility index (Phi) is 5.32. The monoisotopic (exact) mass is 384 g/mol. The van der Waals surface area contributed by atoms with E-state index in [4.69, 9.17) is 4.74 Å². The molecule has 0 atom stereocenters. The van der Waals surface area contributed by atoms with Crippen molar-refractivity contribution < 1.29 is 14.3 Å². The van der Waals surface area contributed by atoms with Gasteiger partial charge in [0.1, 0.15) is 5.60 Å². The Hall–Kier alpha value is -1.72. The number of rotatable bonds is 6. The Morgan fingerprint density at radius 2 is 1.75 bits per heavy atom. The van der Waals surface area contributed by atoms with E-state index >= 15 is 0 Å². The van der Waals surface area contributed by atoms with E-state index in [-0.39, 0.29) is 17.3 Å². The molecule has 4 rings (SSSR count). The molecule has 2 aliphatic heterocycles. The second-order valence-corrected chi connectivity index (χ2v) is 8.66. The van der Waals surface area contributed by atoms with E-state index in [9.17, 15) is 9.59 Å². The van der Waals surface area contributed by atoms with Crippen LogP contribution in [0.3, 0.4) is 0 Å². The van der Waals surface area contributed by atoms with Crippen molar-refractivity contribution in [3.63, 3.8) is 0 Å². The number of ether oxygens (including phenoxy) is 1. The maximum absolute atomic E-state index is 12.5. The summed E-state index contributed by atoms with van der Waals surface area (Å²) in [5.41, 5.74) is 1.47. The van der Waals surface area contributed by atoms with Crippen LogP contribution in [-0.4, -0.2) is 65.4 Å². The van der Waals surface area contributed by atoms with Gasteiger partial charge in [-0.3, -0.25) is 9.59 Å². The van der Waals surface area contributed by atoms with Crippen molar-refractivity contribution in [2.24, 2.45) is 0 Å². The second kappa shape index (κ2) is 7.60. The highest BCUT2D eigenvalue weighted by Crippen LogP contribution is 2.49. The highest BCUT2D eigenvalue weighted by atomic mass is 16.5. The van der Waals surface area contributed by atoms with E-state index in [0.29, 0.717) is 6.42 Å². The first-order chi connectivity index (χ1) is 13.5. The number of likely N-dealkylation sites (N-methyl/N-ethyl adjacent to an activating group) is 1. The topological polar surface area (TPSA) is 49.9 Å². The molecule has 3 aliphatic rings. The van der Waals surface area contributed by atoms with E-state index in [1.807, 2.05) is 24.0 Å². The number of benzene rings is 1. The summed E-state index contributed by atoms with van der Waals surface area (Å²) in [6.07, 6.45) is 5.34. The molecular formula is C23H32N2O3. The van der Waals surface area contributed by atoms with Crippen molar-refractivity contribution in [2.75, 3.05) is 32.7 Å². The molecule has 0 N–H and O–H groups in total. The van der Waals surface area contributed by atoms with Gasteiger partial charge in [0, 0.05) is 44.7 Å². The minimum Gasteiger partial charge on any atom is -0.357 e. The van der Waals surface area contributed by atoms with Gasteiger partial charge in [-0.05, 0) is 44.6 Å². The number of likely N-dealkylation sites (tertiary alicyclic amines) is 1. The molecule has 3 fully saturated rings. The summed E-state index contributed by atoms with van der Waals surface area (Å²) in [6.45, 7) is 8.58. The van der Waals surface area contributed by atoms with Crippen molar-refractivity contribution in [3.05, 3.63) is 35.4 Å². The summed E-state index contributed by atoms with van der Waals surface area (Å²) >= 11 is 0. The zero-order chi connectivity index (χ0) is 19.8. The fourth-order valence-electron chi connectivity index (χ4n) is 4.68. The molecule has 1 aromatic carbocycles. The number of hydrogen-bond acceptors (Lipinski definition) is 4. The summed E-state index contributed by atoms with van der Waals surface area (Å²) in [5, 5.41) is 0. The number of hydrogen-bond donors (Lipinski definition) is 0. The van der Waals surface area contributed by atoms with Crippen molar-refractivity contribution >= 4 is 11.7 Å². The normalized spacial score (nSPS) is 23.4. The highest BCUT2D eigenvalue weighted by molar-refractivity contribution is 5.95. The summed E-state index contributed by atoms with van der Waals surface area (Å²) in [4.78, 5) is 28.8. The quantitative estimate of drug-likeness (QED) is 0.708. The molecular weight excluding hydrogens is 352 g/mol. The van der Waals surface area contributed by atoms with Gasteiger partial charge >= 0.3 is 0 Å². The van der Waals surface area contributed by atoms with Gasteiger partial charge < -0.3 is 14.5 Å². The fourth-order valence-corrected chi connectivity index (χ4v) is 4.68. The molecule has 152 valence electrons. The molecule has 2 heterocycles. The molecule has 0 radical (unpaired) electrons. The Bertz CT molecular complexity index is 731. The van der Waals surface area contributed by atoms with Crippen molar-refractivity contribution in [1.82, 2.24) is 9.80 Å². The number of morpholine rings is 1. The third-order valence-electron chi connectivity index (χ3n) is 6.73. The molecule has 2 saturated heterocycles. The third-order valence-corrected chi connectivity index (χ3v) is 6.73. The number of Topliss-reactive ketones (excluding diaryl/α,β-unsaturated/α-hetero) is 1. The van der Waals surface area contributed by atoms with Gasteiger partial charge in [-0.1, -0.05) is 31.2 Å². The zero-order valence-corrected chi connectivity index (χ0v) is 17.2. The van der Waals surface area contributed by atoms with E-state index in [0.717, 1.165) is 70.4 Å². The van der Waals surface area contributed by atoms with Crippen LogP contribution >= 0.6 is 0 Å². The standard InChI is InChI=1S/C23H32N2O3/c1-3-20(26)19-7-5-18(6-8-19)9-14-24-15-12-22(13-16-24)17-25(4-2)21(27)23(28-22)10-11-23/h5-8H,3-4,9-17H2,1-2H3. The molecule has 1 aromatic rings. The SMILES string of the molecule is CCC(=O)c1ccc(CCN2CCC3(CC2)CN(CC)C(=O)C2(CC2)O3)cc1. The summed E-state index contributed by atoms with van der Waals surface area (Å²) < 4.78 is 6.47. The predicted molar refractivity (Wildman–Crippen MR) is 108 cm³/mol. The first-order valence-electron chi connectivity index (χ1n) is 10.8. The number of carbonyl (C=O) groups excluding carboxylic acids is 2. The largest absolute Gasteiger partial charge is 0.357 e. The van der Waals surface area contributed by atoms with Crippen LogP contribution in [0, 0.1) is 0 Å². The van der Waals surface area contributed by atoms with Gasteiger partial charge in [0.25, 0.3) is 5.91 Å². The van der Waals surface area contributed by atoms with Gasteiger partial charge in [0.2, 0.25) is 0 Å². The van der Waals surface area contributed by atoms with Crippen LogP contribution in [0.5, 0.6) is 0 Å². The van der Waals surface area contributed by atoms with Crippen LogP contribution in [0.2, 0.25) is 0 Å². The van der Waals surface area contributed by atoms with Gasteiger partial charge in [-0.15, -0.1) is 0 Å². The number of carbonyl (C=O) groups is 2. The summed E-state index contributed by atoms with van der Waals surface area (Å²) in [7, 11) is 0. The lowest BCUT2D eigenvalue weighted by atomic mass is 9.87. The van der Waals surface area contributed by atoms with E-state index in [1.54, 1.807) is 0 Å². The maximum Gasteiger partial charge on any atom is 0.254 e. The lowest BCUT2D eigenvalue weighted by molar-refractivity contribution is -0.200. The Morgan fingerprint density at radius 1 is 1.07 bits per heavy atom. The lowest BCUT2D eigenvalue weighted by Gasteiger charge is -2.50. The first-order valence-corrected chi connectivity index (χ1v) is 10.8. The Labute approximate surface area is 168 Å². The summed E-state index contributed by atoms with van der Waals surface area (Å²) in [6, 6.07) is 8.07. The van der Waals surface area contributed by atoms with E-state index in [1.165, 1.54) is 5.56 Å². The van der Waals surface area contributed by atoms with Crippen molar-refractivity contribution in [2.45, 2.75) is 63.6 Å². The van der Waals surface area contributed by atoms with Gasteiger partial charge in [0.15, 0.2) is 5.78 Å². The lowest BCUT2D eigenvalue weighted by Crippen LogP contribution is -2.62. The van der Waals surface area contributed by atoms with Gasteiger partial charge in [-0.25, -0.2) is 0 Å². The molecule has 5 heteroatoms. The van der Waals surface area contributed by atoms with E-state index in [2.05, 4.69) is 24.0 Å². The molecule has 0 unspecified atom stereocenters. The molecule has 1 aliphatic carbocycles. The van der Waals surface area contributed by atoms with E-state index < -0.39 is 5.60 Å². The first kappa shape index (κ1) is 19.6. The molecule has 1 amide bonds. The summed E-state index contributed by atoms with van der Waals surface area (Å²) in [5.74, 6) is 0.418. The molecule has 0 bridgehead atoms. The van der Waals surface area contributed by atoms with Crippen molar-refractivity contribution in [3.8, 4) is 0 Å². The highest BCUT2D eigenvalue weighted by Gasteiger charge is 2.61. The Morgan fingerprint density at radius 3 is 2.32 bits per heavy atom. The minimum absolute atomic E-state index is 0.140. The molecule has 2 spiro atoms. The fraction of sp³-hybridized carbons (Fsp3) is 0.652. The van der Waals surface area contributed by atoms with Crippen LogP contribution in [0.15, 0.2) is 24.3 Å². The smallest absolute Gasteiger partial charge is 0.254 e. The van der Waals surface area contributed by atoms with Crippen LogP contribution < -0.4 is 0 Å². The third kappa shape index (κ3) is 3.74. The number of piperidine rings is 1. The van der Waals surface area contributed by atoms with Gasteiger partial charge in [-0.2, -0.15) is 0 Å². The average Bonchev–Trinajstić information content (AvgIpc) is 3.50. The molecule has 28 heavy (non-hydrogen) atoms. The Balaban J connectivity index is 1.30. The second-order valence-electron chi connectivity index (χ2n) is 8.66. The molecule has 0 aromatic heterocycles. The van der Waals surface area contributed by atoms with Crippen LogP contribution in [0.4, 0.5) is 0 Å². The van der Waals surface area contributed by atoms with Crippen LogP contribution in [0.25, 0.3) is 0 Å². The molecule has 5 nitrogen and oxygen atoms in total. The average molecular weight is 385 g/mol. The number of amides is 1. The maximum atomic E-state index is 12.5.